The van der Waals surface area contributed by atoms with Crippen molar-refractivity contribution in [2.24, 2.45) is 0 Å². The van der Waals surface area contributed by atoms with Crippen LogP contribution in [0, 0.1) is 0 Å². The van der Waals surface area contributed by atoms with E-state index in [2.05, 4.69) is 9.97 Å². The van der Waals surface area contributed by atoms with E-state index in [0.29, 0.717) is 18.2 Å². The summed E-state index contributed by atoms with van der Waals surface area (Å²) >= 11 is 5.87. The summed E-state index contributed by atoms with van der Waals surface area (Å²) in [4.78, 5) is 8.66. The minimum absolute atomic E-state index is 0.0459. The first-order valence-corrected chi connectivity index (χ1v) is 6.19. The Balaban J connectivity index is 2.85. The van der Waals surface area contributed by atoms with Gasteiger partial charge in [-0.25, -0.2) is 9.97 Å². The van der Waals surface area contributed by atoms with Crippen LogP contribution in [-0.4, -0.2) is 29.8 Å². The van der Waals surface area contributed by atoms with E-state index in [1.807, 2.05) is 20.8 Å². The molecule has 96 valence electrons. The maximum absolute atomic E-state index is 5.87. The molecule has 1 heterocycles. The summed E-state index contributed by atoms with van der Waals surface area (Å²) in [7, 11) is 1.64. The Bertz CT molecular complexity index is 358. The van der Waals surface area contributed by atoms with E-state index in [4.69, 9.17) is 21.1 Å². The number of halogens is 1. The Kier molecular flexibility index (Phi) is 5.65. The van der Waals surface area contributed by atoms with Crippen molar-refractivity contribution in [1.82, 2.24) is 9.97 Å². The molecule has 1 aromatic rings. The van der Waals surface area contributed by atoms with Crippen molar-refractivity contribution in [3.05, 3.63) is 17.7 Å². The van der Waals surface area contributed by atoms with Crippen LogP contribution in [0.5, 0.6) is 5.75 Å². The maximum atomic E-state index is 5.87. The molecule has 0 radical (unpaired) electrons. The van der Waals surface area contributed by atoms with E-state index in [-0.39, 0.29) is 12.0 Å². The molecule has 1 atom stereocenters. The van der Waals surface area contributed by atoms with Gasteiger partial charge < -0.3 is 9.47 Å². The van der Waals surface area contributed by atoms with Gasteiger partial charge in [0, 0.05) is 13.0 Å². The topological polar surface area (TPSA) is 44.2 Å². The summed E-state index contributed by atoms with van der Waals surface area (Å²) in [5.74, 6) is 2.01. The van der Waals surface area contributed by atoms with Crippen LogP contribution in [0.1, 0.15) is 38.2 Å². The number of ether oxygens (including phenoxy) is 2. The summed E-state index contributed by atoms with van der Waals surface area (Å²) in [5.41, 5.74) is 0.730. The Labute approximate surface area is 107 Å². The molecule has 0 fully saturated rings. The van der Waals surface area contributed by atoms with Crippen LogP contribution in [0.25, 0.3) is 0 Å². The van der Waals surface area contributed by atoms with Gasteiger partial charge in [-0.3, -0.25) is 0 Å². The lowest BCUT2D eigenvalue weighted by molar-refractivity contribution is 0.0909. The van der Waals surface area contributed by atoms with Crippen LogP contribution in [0.4, 0.5) is 0 Å². The third-order valence-electron chi connectivity index (χ3n) is 2.22. The third kappa shape index (κ3) is 4.13. The zero-order valence-corrected chi connectivity index (χ0v) is 11.5. The molecule has 4 nitrogen and oxygen atoms in total. The van der Waals surface area contributed by atoms with E-state index < -0.39 is 0 Å². The highest BCUT2D eigenvalue weighted by Gasteiger charge is 2.12. The van der Waals surface area contributed by atoms with E-state index in [9.17, 15) is 0 Å². The third-order valence-corrected chi connectivity index (χ3v) is 2.47. The molecular weight excluding hydrogens is 240 g/mol. The van der Waals surface area contributed by atoms with E-state index in [1.54, 1.807) is 13.3 Å². The largest absolute Gasteiger partial charge is 0.485 e. The molecule has 0 aromatic carbocycles. The fraction of sp³-hybridized carbons (Fsp3) is 0.667. The minimum Gasteiger partial charge on any atom is -0.485 e. The zero-order chi connectivity index (χ0) is 12.8. The lowest BCUT2D eigenvalue weighted by atomic mass is 10.2. The van der Waals surface area contributed by atoms with Gasteiger partial charge in [0.25, 0.3) is 0 Å². The first-order valence-electron chi connectivity index (χ1n) is 5.65. The van der Waals surface area contributed by atoms with Gasteiger partial charge in [0.2, 0.25) is 0 Å². The predicted molar refractivity (Wildman–Crippen MR) is 67.6 cm³/mol. The zero-order valence-electron chi connectivity index (χ0n) is 10.7. The smallest absolute Gasteiger partial charge is 0.160 e. The van der Waals surface area contributed by atoms with Gasteiger partial charge in [0.05, 0.1) is 18.7 Å². The second-order valence-electron chi connectivity index (χ2n) is 4.21. The Morgan fingerprint density at radius 3 is 2.59 bits per heavy atom. The van der Waals surface area contributed by atoms with Gasteiger partial charge in [-0.1, -0.05) is 13.8 Å². The van der Waals surface area contributed by atoms with E-state index in [1.165, 1.54) is 0 Å². The average molecular weight is 259 g/mol. The summed E-state index contributed by atoms with van der Waals surface area (Å²) in [5, 5.41) is 0. The summed E-state index contributed by atoms with van der Waals surface area (Å²) in [6, 6.07) is 0. The number of rotatable bonds is 6. The van der Waals surface area contributed by atoms with Gasteiger partial charge in [0.1, 0.15) is 17.6 Å². The maximum Gasteiger partial charge on any atom is 0.160 e. The van der Waals surface area contributed by atoms with Crippen LogP contribution < -0.4 is 4.74 Å². The van der Waals surface area contributed by atoms with Crippen LogP contribution in [-0.2, 0) is 10.6 Å². The average Bonchev–Trinajstić information content (AvgIpc) is 2.29. The molecule has 0 aliphatic rings. The predicted octanol–water partition coefficient (Wildman–Crippen LogP) is 2.75. The second-order valence-corrected chi connectivity index (χ2v) is 4.48. The number of hydrogen-bond donors (Lipinski definition) is 0. The number of nitrogens with zero attached hydrogens (tertiary/aromatic N) is 2. The molecule has 0 saturated carbocycles. The first kappa shape index (κ1) is 14.2. The van der Waals surface area contributed by atoms with Crippen molar-refractivity contribution >= 4 is 11.6 Å². The van der Waals surface area contributed by atoms with Crippen molar-refractivity contribution < 1.29 is 9.47 Å². The monoisotopic (exact) mass is 258 g/mol. The van der Waals surface area contributed by atoms with Gasteiger partial charge in [-0.15, -0.1) is 11.6 Å². The molecule has 1 unspecified atom stereocenters. The van der Waals surface area contributed by atoms with Crippen LogP contribution in [0.15, 0.2) is 6.20 Å². The van der Waals surface area contributed by atoms with Gasteiger partial charge in [-0.05, 0) is 6.92 Å². The number of hydrogen-bond acceptors (Lipinski definition) is 4. The quantitative estimate of drug-likeness (QED) is 0.736. The Morgan fingerprint density at radius 1 is 1.35 bits per heavy atom. The fourth-order valence-corrected chi connectivity index (χ4v) is 1.57. The molecule has 0 aliphatic carbocycles. The van der Waals surface area contributed by atoms with Crippen molar-refractivity contribution in [1.29, 1.82) is 0 Å². The Morgan fingerprint density at radius 2 is 2.06 bits per heavy atom. The SMILES string of the molecule is COCC(C)Oc1cnc(C(C)C)nc1CCl. The standard InChI is InChI=1S/C12H19ClN2O2/c1-8(2)12-14-6-11(10(5-13)15-12)17-9(3)7-16-4/h6,8-9H,5,7H2,1-4H3. The van der Waals surface area contributed by atoms with Gasteiger partial charge in [0.15, 0.2) is 5.75 Å². The van der Waals surface area contributed by atoms with Crippen LogP contribution in [0.3, 0.4) is 0 Å². The number of methoxy groups -OCH3 is 1. The molecule has 0 bridgehead atoms. The lowest BCUT2D eigenvalue weighted by Crippen LogP contribution is -2.19. The molecule has 0 saturated heterocycles. The molecule has 5 heteroatoms. The van der Waals surface area contributed by atoms with Crippen molar-refractivity contribution in [2.45, 2.75) is 38.7 Å². The summed E-state index contributed by atoms with van der Waals surface area (Å²) in [6.07, 6.45) is 1.64. The summed E-state index contributed by atoms with van der Waals surface area (Å²) < 4.78 is 10.7. The Hall–Kier alpha value is -0.870. The molecule has 1 rings (SSSR count). The highest BCUT2D eigenvalue weighted by molar-refractivity contribution is 6.17. The van der Waals surface area contributed by atoms with Gasteiger partial charge >= 0.3 is 0 Å². The second kappa shape index (κ2) is 6.77. The molecule has 0 N–H and O–H groups in total. The molecule has 0 amide bonds. The molecule has 1 aromatic heterocycles. The molecular formula is C12H19ClN2O2. The van der Waals surface area contributed by atoms with Crippen LogP contribution in [0.2, 0.25) is 0 Å². The lowest BCUT2D eigenvalue weighted by Gasteiger charge is -2.16. The van der Waals surface area contributed by atoms with Gasteiger partial charge in [-0.2, -0.15) is 0 Å². The number of aromatic nitrogens is 2. The summed E-state index contributed by atoms with van der Waals surface area (Å²) in [6.45, 7) is 6.54. The highest BCUT2D eigenvalue weighted by Crippen LogP contribution is 2.21. The molecule has 0 aliphatic heterocycles. The number of alkyl halides is 1. The minimum atomic E-state index is -0.0459. The van der Waals surface area contributed by atoms with Crippen molar-refractivity contribution in [3.63, 3.8) is 0 Å². The molecule has 0 spiro atoms. The first-order chi connectivity index (χ1) is 8.08. The normalized spacial score (nSPS) is 12.8. The van der Waals surface area contributed by atoms with Crippen molar-refractivity contribution in [3.8, 4) is 5.75 Å². The van der Waals surface area contributed by atoms with Crippen molar-refractivity contribution in [2.75, 3.05) is 13.7 Å². The van der Waals surface area contributed by atoms with E-state index >= 15 is 0 Å². The highest BCUT2D eigenvalue weighted by atomic mass is 35.5. The van der Waals surface area contributed by atoms with Crippen LogP contribution >= 0.6 is 11.6 Å². The fourth-order valence-electron chi connectivity index (χ4n) is 1.38. The molecule has 17 heavy (non-hydrogen) atoms. The van der Waals surface area contributed by atoms with E-state index in [0.717, 1.165) is 11.5 Å².